The molecule has 2 aromatic carbocycles. The Morgan fingerprint density at radius 2 is 1.90 bits per heavy atom. The topological polar surface area (TPSA) is 64.9 Å². The second kappa shape index (κ2) is 7.18. The fraction of sp³-hybridized carbons (Fsp3) is 0.130. The highest BCUT2D eigenvalue weighted by Gasteiger charge is 2.29. The number of benzene rings is 2. The average molecular weight is 403 g/mol. The van der Waals surface area contributed by atoms with E-state index in [-0.39, 0.29) is 18.3 Å². The van der Waals surface area contributed by atoms with Gasteiger partial charge in [-0.25, -0.2) is 9.37 Å². The molecule has 6 nitrogen and oxygen atoms in total. The summed E-state index contributed by atoms with van der Waals surface area (Å²) < 4.78 is 26.7. The maximum absolute atomic E-state index is 13.4. The molecule has 0 aliphatic carbocycles. The summed E-state index contributed by atoms with van der Waals surface area (Å²) in [4.78, 5) is 17.7. The van der Waals surface area contributed by atoms with Crippen LogP contribution in [0.3, 0.4) is 0 Å². The molecular weight excluding hydrogens is 385 g/mol. The molecule has 150 valence electrons. The highest BCUT2D eigenvalue weighted by molar-refractivity contribution is 5.97. The number of imidazole rings is 1. The van der Waals surface area contributed by atoms with Crippen molar-refractivity contribution < 1.29 is 18.7 Å². The van der Waals surface area contributed by atoms with Gasteiger partial charge in [-0.3, -0.25) is 9.20 Å². The van der Waals surface area contributed by atoms with Crippen molar-refractivity contribution >= 4 is 17.4 Å². The maximum Gasteiger partial charge on any atom is 0.270 e. The molecular formula is C23H18FN3O3. The highest BCUT2D eigenvalue weighted by Crippen LogP contribution is 2.33. The summed E-state index contributed by atoms with van der Waals surface area (Å²) >= 11 is 0. The molecule has 1 atom stereocenters. The first kappa shape index (κ1) is 18.2. The summed E-state index contributed by atoms with van der Waals surface area (Å²) in [6, 6.07) is 17.1. The number of fused-ring (bicyclic) bond motifs is 2. The standard InChI is InChI=1S/C23H18FN3O3/c1-14-10-11-27-20(12-14)25-21(15-6-8-16(24)9-7-15)22(27)26-23(28)19-13-29-17-4-2-3-5-18(17)30-19/h2-12,19H,13H2,1H3,(H,26,28). The molecule has 0 fully saturated rings. The van der Waals surface area contributed by atoms with Crippen molar-refractivity contribution in [1.82, 2.24) is 9.38 Å². The third-order valence-electron chi connectivity index (χ3n) is 4.94. The van der Waals surface area contributed by atoms with Gasteiger partial charge in [0, 0.05) is 11.8 Å². The molecule has 1 aliphatic heterocycles. The Balaban J connectivity index is 1.51. The molecule has 0 spiro atoms. The molecule has 0 saturated heterocycles. The van der Waals surface area contributed by atoms with E-state index in [2.05, 4.69) is 10.3 Å². The van der Waals surface area contributed by atoms with E-state index in [9.17, 15) is 9.18 Å². The van der Waals surface area contributed by atoms with Crippen LogP contribution in [0.15, 0.2) is 66.9 Å². The van der Waals surface area contributed by atoms with Crippen molar-refractivity contribution in [3.8, 4) is 22.8 Å². The lowest BCUT2D eigenvalue weighted by Crippen LogP contribution is -2.40. The number of hydrogen-bond donors (Lipinski definition) is 1. The molecule has 3 heterocycles. The molecule has 5 rings (SSSR count). The van der Waals surface area contributed by atoms with Crippen LogP contribution in [0.4, 0.5) is 10.2 Å². The minimum atomic E-state index is -0.808. The van der Waals surface area contributed by atoms with Crippen molar-refractivity contribution in [2.24, 2.45) is 0 Å². The van der Waals surface area contributed by atoms with Gasteiger partial charge < -0.3 is 14.8 Å². The third-order valence-corrected chi connectivity index (χ3v) is 4.94. The van der Waals surface area contributed by atoms with Crippen LogP contribution in [0.1, 0.15) is 5.56 Å². The third kappa shape index (κ3) is 3.24. The van der Waals surface area contributed by atoms with Gasteiger partial charge in [-0.2, -0.15) is 0 Å². The van der Waals surface area contributed by atoms with Gasteiger partial charge in [-0.1, -0.05) is 12.1 Å². The molecule has 7 heteroatoms. The number of nitrogens with one attached hydrogen (secondary N) is 1. The number of hydrogen-bond acceptors (Lipinski definition) is 4. The number of rotatable bonds is 3. The Morgan fingerprint density at radius 3 is 2.70 bits per heavy atom. The van der Waals surface area contributed by atoms with Gasteiger partial charge >= 0.3 is 0 Å². The number of aromatic nitrogens is 2. The van der Waals surface area contributed by atoms with E-state index in [1.54, 1.807) is 28.7 Å². The smallest absolute Gasteiger partial charge is 0.270 e. The molecule has 1 amide bonds. The van der Waals surface area contributed by atoms with Crippen LogP contribution < -0.4 is 14.8 Å². The molecule has 0 saturated carbocycles. The maximum atomic E-state index is 13.4. The lowest BCUT2D eigenvalue weighted by molar-refractivity contribution is -0.125. The number of nitrogens with zero attached hydrogens (tertiary/aromatic N) is 2. The lowest BCUT2D eigenvalue weighted by atomic mass is 10.1. The van der Waals surface area contributed by atoms with E-state index in [4.69, 9.17) is 9.47 Å². The van der Waals surface area contributed by atoms with Crippen LogP contribution in [0.2, 0.25) is 0 Å². The second-order valence-corrected chi connectivity index (χ2v) is 7.10. The molecule has 1 N–H and O–H groups in total. The number of ether oxygens (including phenoxy) is 2. The molecule has 1 aliphatic rings. The Labute approximate surface area is 171 Å². The predicted molar refractivity (Wildman–Crippen MR) is 110 cm³/mol. The monoisotopic (exact) mass is 403 g/mol. The first-order chi connectivity index (χ1) is 14.6. The normalized spacial score (nSPS) is 15.2. The van der Waals surface area contributed by atoms with Gasteiger partial charge in [0.05, 0.1) is 0 Å². The summed E-state index contributed by atoms with van der Waals surface area (Å²) in [6.07, 6.45) is 1.03. The molecule has 2 aromatic heterocycles. The van der Waals surface area contributed by atoms with Crippen molar-refractivity contribution in [3.05, 3.63) is 78.2 Å². The summed E-state index contributed by atoms with van der Waals surface area (Å²) in [5, 5.41) is 2.93. The zero-order valence-electron chi connectivity index (χ0n) is 16.1. The number of aryl methyl sites for hydroxylation is 1. The van der Waals surface area contributed by atoms with Crippen LogP contribution in [0, 0.1) is 12.7 Å². The van der Waals surface area contributed by atoms with Gasteiger partial charge in [0.25, 0.3) is 5.91 Å². The van der Waals surface area contributed by atoms with E-state index in [1.165, 1.54) is 12.1 Å². The van der Waals surface area contributed by atoms with Gasteiger partial charge in [-0.15, -0.1) is 0 Å². The number of pyridine rings is 1. The number of amides is 1. The highest BCUT2D eigenvalue weighted by atomic mass is 19.1. The number of para-hydroxylation sites is 2. The number of carbonyl (C=O) groups excluding carboxylic acids is 1. The zero-order chi connectivity index (χ0) is 20.7. The van der Waals surface area contributed by atoms with Crippen LogP contribution in [-0.4, -0.2) is 28.0 Å². The van der Waals surface area contributed by atoms with Gasteiger partial charge in [-0.05, 0) is 61.0 Å². The van der Waals surface area contributed by atoms with Crippen LogP contribution in [0.5, 0.6) is 11.5 Å². The summed E-state index contributed by atoms with van der Waals surface area (Å²) in [5.74, 6) is 0.935. The van der Waals surface area contributed by atoms with Crippen LogP contribution in [-0.2, 0) is 4.79 Å². The lowest BCUT2D eigenvalue weighted by Gasteiger charge is -2.25. The van der Waals surface area contributed by atoms with Crippen molar-refractivity contribution in [2.75, 3.05) is 11.9 Å². The molecule has 30 heavy (non-hydrogen) atoms. The Kier molecular flexibility index (Phi) is 4.35. The van der Waals surface area contributed by atoms with Crippen LogP contribution in [0.25, 0.3) is 16.9 Å². The fourth-order valence-corrected chi connectivity index (χ4v) is 3.42. The van der Waals surface area contributed by atoms with Gasteiger partial charge in [0.15, 0.2) is 11.5 Å². The molecule has 4 aromatic rings. The Hall–Kier alpha value is -3.87. The molecule has 1 unspecified atom stereocenters. The molecule has 0 bridgehead atoms. The quantitative estimate of drug-likeness (QED) is 0.556. The number of carbonyl (C=O) groups is 1. The minimum absolute atomic E-state index is 0.102. The first-order valence-electron chi connectivity index (χ1n) is 9.52. The second-order valence-electron chi connectivity index (χ2n) is 7.10. The fourth-order valence-electron chi connectivity index (χ4n) is 3.42. The first-order valence-corrected chi connectivity index (χ1v) is 9.52. The van der Waals surface area contributed by atoms with E-state index in [0.717, 1.165) is 5.56 Å². The SMILES string of the molecule is Cc1ccn2c(NC(=O)C3COc4ccccc4O3)c(-c3ccc(F)cc3)nc2c1. The van der Waals surface area contributed by atoms with Crippen LogP contribution >= 0.6 is 0 Å². The van der Waals surface area contributed by atoms with Gasteiger partial charge in [0.2, 0.25) is 6.10 Å². The van der Waals surface area contributed by atoms with E-state index in [0.29, 0.717) is 34.2 Å². The summed E-state index contributed by atoms with van der Waals surface area (Å²) in [7, 11) is 0. The number of anilines is 1. The summed E-state index contributed by atoms with van der Waals surface area (Å²) in [5.41, 5.74) is 2.96. The zero-order valence-corrected chi connectivity index (χ0v) is 16.1. The molecule has 0 radical (unpaired) electrons. The largest absolute Gasteiger partial charge is 0.485 e. The average Bonchev–Trinajstić information content (AvgIpc) is 3.11. The van der Waals surface area contributed by atoms with E-state index >= 15 is 0 Å². The van der Waals surface area contributed by atoms with Crippen molar-refractivity contribution in [3.63, 3.8) is 0 Å². The Morgan fingerprint density at radius 1 is 1.13 bits per heavy atom. The predicted octanol–water partition coefficient (Wildman–Crippen LogP) is 4.23. The van der Waals surface area contributed by atoms with Gasteiger partial charge in [0.1, 0.15) is 29.6 Å². The van der Waals surface area contributed by atoms with E-state index < -0.39 is 6.10 Å². The Bertz CT molecular complexity index is 1250. The number of halogens is 1. The minimum Gasteiger partial charge on any atom is -0.485 e. The summed E-state index contributed by atoms with van der Waals surface area (Å²) in [6.45, 7) is 2.07. The van der Waals surface area contributed by atoms with E-state index in [1.807, 2.05) is 37.4 Å². The van der Waals surface area contributed by atoms with Crippen molar-refractivity contribution in [2.45, 2.75) is 13.0 Å². The van der Waals surface area contributed by atoms with Crippen molar-refractivity contribution in [1.29, 1.82) is 0 Å².